The molecule has 3 saturated carbocycles. The number of aliphatic hydroxyl groups excluding tert-OH is 1. The number of esters is 1. The Morgan fingerprint density at radius 1 is 0.920 bits per heavy atom. The molecule has 0 aliphatic heterocycles. The Balaban J connectivity index is 1.20. The molecule has 1 N–H and O–H groups in total. The molecule has 0 radical (unpaired) electrons. The monoisotopic (exact) mass is 698 g/mol. The highest BCUT2D eigenvalue weighted by molar-refractivity contribution is 6.99. The lowest BCUT2D eigenvalue weighted by molar-refractivity contribution is -0.150. The van der Waals surface area contributed by atoms with Crippen LogP contribution in [0.5, 0.6) is 0 Å². The second kappa shape index (κ2) is 14.7. The third-order valence-corrected chi connectivity index (χ3v) is 19.9. The largest absolute Gasteiger partial charge is 0.466 e. The van der Waals surface area contributed by atoms with Crippen LogP contribution in [-0.2, 0) is 14.0 Å². The zero-order valence-corrected chi connectivity index (χ0v) is 33.4. The predicted molar refractivity (Wildman–Crippen MR) is 208 cm³/mol. The zero-order chi connectivity index (χ0) is 35.9. The van der Waals surface area contributed by atoms with Crippen molar-refractivity contribution in [3.63, 3.8) is 0 Å². The van der Waals surface area contributed by atoms with Gasteiger partial charge < -0.3 is 14.3 Å². The molecule has 50 heavy (non-hydrogen) atoms. The Labute approximate surface area is 305 Å². The van der Waals surface area contributed by atoms with Gasteiger partial charge in [0.25, 0.3) is 8.32 Å². The molecule has 274 valence electrons. The maximum absolute atomic E-state index is 12.6. The Hall–Kier alpha value is -2.21. The number of hydrogen-bond donors (Lipinski definition) is 1. The fourth-order valence-electron chi connectivity index (χ4n) is 12.0. The number of fused-ring (bicyclic) bond motifs is 5. The molecule has 4 nitrogen and oxygen atoms in total. The Kier molecular flexibility index (Phi) is 11.0. The number of ether oxygens (including phenoxy) is 1. The van der Waals surface area contributed by atoms with Crippen molar-refractivity contribution < 1.29 is 19.1 Å². The highest BCUT2D eigenvalue weighted by Gasteiger charge is 2.60. The van der Waals surface area contributed by atoms with Gasteiger partial charge in [0, 0.05) is 6.10 Å². The van der Waals surface area contributed by atoms with E-state index in [1.807, 2.05) is 13.8 Å². The maximum atomic E-state index is 12.6. The van der Waals surface area contributed by atoms with E-state index in [9.17, 15) is 9.90 Å². The average Bonchev–Trinajstić information content (AvgIpc) is 3.46. The quantitative estimate of drug-likeness (QED) is 0.144. The molecule has 0 amide bonds. The SMILES string of the molecule is CCOC(=O)[C@@H](CC)C[C@H](O)[C@@H](C)[C@H]1CC[C@H]2[C@@H]3CC=C4C[C@@H](O[Si](c5ccccc5)(c5ccccc5)C(C)(C)C)CC[C@]4(C)[C@H]3CC[C@]12C. The number of carbonyl (C=O) groups excluding carboxylic acids is 1. The molecule has 6 rings (SSSR count). The fraction of sp³-hybridized carbons (Fsp3) is 0.667. The van der Waals surface area contributed by atoms with E-state index in [1.165, 1.54) is 48.9 Å². The topological polar surface area (TPSA) is 55.8 Å². The van der Waals surface area contributed by atoms with Crippen molar-refractivity contribution in [3.8, 4) is 0 Å². The van der Waals surface area contributed by atoms with E-state index in [-0.39, 0.29) is 39.8 Å². The second-order valence-electron chi connectivity index (χ2n) is 18.2. The third-order valence-electron chi connectivity index (χ3n) is 14.8. The van der Waals surface area contributed by atoms with Gasteiger partial charge in [-0.15, -0.1) is 0 Å². The van der Waals surface area contributed by atoms with Crippen LogP contribution < -0.4 is 10.4 Å². The van der Waals surface area contributed by atoms with Crippen LogP contribution in [0.2, 0.25) is 5.04 Å². The smallest absolute Gasteiger partial charge is 0.309 e. The molecule has 4 aliphatic carbocycles. The minimum absolute atomic E-state index is 0.0175. The minimum atomic E-state index is -2.60. The summed E-state index contributed by atoms with van der Waals surface area (Å²) in [6.07, 6.45) is 13.2. The molecule has 0 saturated heterocycles. The van der Waals surface area contributed by atoms with Crippen molar-refractivity contribution in [2.45, 2.75) is 137 Å². The summed E-state index contributed by atoms with van der Waals surface area (Å²) in [6.45, 7) is 18.9. The van der Waals surface area contributed by atoms with E-state index < -0.39 is 14.4 Å². The van der Waals surface area contributed by atoms with Crippen LogP contribution in [-0.4, -0.2) is 38.2 Å². The molecule has 2 aromatic carbocycles. The van der Waals surface area contributed by atoms with Gasteiger partial charge in [-0.2, -0.15) is 0 Å². The first kappa shape index (κ1) is 37.5. The number of carbonyl (C=O) groups is 1. The first-order valence-corrected chi connectivity index (χ1v) is 22.0. The molecule has 10 atom stereocenters. The summed E-state index contributed by atoms with van der Waals surface area (Å²) in [5, 5.41) is 14.2. The number of benzene rings is 2. The Morgan fingerprint density at radius 3 is 2.14 bits per heavy atom. The van der Waals surface area contributed by atoms with Crippen molar-refractivity contribution in [1.82, 2.24) is 0 Å². The summed E-state index contributed by atoms with van der Waals surface area (Å²) < 4.78 is 13.0. The van der Waals surface area contributed by atoms with Crippen molar-refractivity contribution in [3.05, 3.63) is 72.3 Å². The molecule has 0 spiro atoms. The van der Waals surface area contributed by atoms with Gasteiger partial charge in [-0.1, -0.05) is 121 Å². The lowest BCUT2D eigenvalue weighted by atomic mass is 9.47. The number of allylic oxidation sites excluding steroid dienone is 1. The van der Waals surface area contributed by atoms with E-state index in [4.69, 9.17) is 9.16 Å². The summed E-state index contributed by atoms with van der Waals surface area (Å²) >= 11 is 0. The van der Waals surface area contributed by atoms with Gasteiger partial charge in [-0.25, -0.2) is 0 Å². The van der Waals surface area contributed by atoms with Gasteiger partial charge in [0.05, 0.1) is 18.6 Å². The van der Waals surface area contributed by atoms with Crippen molar-refractivity contribution in [2.75, 3.05) is 6.61 Å². The van der Waals surface area contributed by atoms with Crippen LogP contribution in [0.4, 0.5) is 0 Å². The highest BCUT2D eigenvalue weighted by Crippen LogP contribution is 2.67. The molecule has 0 bridgehead atoms. The lowest BCUT2D eigenvalue weighted by Gasteiger charge is -2.59. The minimum Gasteiger partial charge on any atom is -0.466 e. The molecule has 4 aliphatic rings. The summed E-state index contributed by atoms with van der Waals surface area (Å²) in [5.74, 6) is 2.46. The van der Waals surface area contributed by atoms with Gasteiger partial charge in [-0.05, 0) is 127 Å². The van der Waals surface area contributed by atoms with Crippen LogP contribution >= 0.6 is 0 Å². The maximum Gasteiger partial charge on any atom is 0.309 e. The molecular weight excluding hydrogens is 633 g/mol. The summed E-state index contributed by atoms with van der Waals surface area (Å²) in [7, 11) is -2.60. The molecule has 0 unspecified atom stereocenters. The number of aliphatic hydroxyl groups is 1. The van der Waals surface area contributed by atoms with Gasteiger partial charge in [0.1, 0.15) is 0 Å². The van der Waals surface area contributed by atoms with E-state index in [0.29, 0.717) is 37.2 Å². The van der Waals surface area contributed by atoms with Crippen LogP contribution in [0.3, 0.4) is 0 Å². The van der Waals surface area contributed by atoms with Crippen LogP contribution in [0.1, 0.15) is 120 Å². The van der Waals surface area contributed by atoms with Gasteiger partial charge in [0.15, 0.2) is 0 Å². The normalized spacial score (nSPS) is 32.9. The number of rotatable bonds is 11. The van der Waals surface area contributed by atoms with E-state index >= 15 is 0 Å². The summed E-state index contributed by atoms with van der Waals surface area (Å²) in [5.41, 5.74) is 2.16. The second-order valence-corrected chi connectivity index (χ2v) is 22.4. The Bertz CT molecular complexity index is 1440. The first-order valence-electron chi connectivity index (χ1n) is 20.1. The summed E-state index contributed by atoms with van der Waals surface area (Å²) in [6, 6.07) is 22.3. The van der Waals surface area contributed by atoms with E-state index in [2.05, 4.69) is 108 Å². The Morgan fingerprint density at radius 2 is 1.56 bits per heavy atom. The van der Waals surface area contributed by atoms with Gasteiger partial charge in [-0.3, -0.25) is 4.79 Å². The molecule has 3 fully saturated rings. The zero-order valence-electron chi connectivity index (χ0n) is 32.4. The van der Waals surface area contributed by atoms with Crippen molar-refractivity contribution >= 4 is 24.7 Å². The molecule has 0 aromatic heterocycles. The van der Waals surface area contributed by atoms with E-state index in [0.717, 1.165) is 18.8 Å². The molecule has 0 heterocycles. The van der Waals surface area contributed by atoms with Crippen LogP contribution in [0, 0.1) is 46.3 Å². The first-order chi connectivity index (χ1) is 23.8. The van der Waals surface area contributed by atoms with Crippen molar-refractivity contribution in [2.24, 2.45) is 46.3 Å². The van der Waals surface area contributed by atoms with Gasteiger partial charge in [0.2, 0.25) is 0 Å². The molecule has 2 aromatic rings. The molecule has 5 heteroatoms. The van der Waals surface area contributed by atoms with Gasteiger partial charge >= 0.3 is 5.97 Å². The molecular formula is C45H66O4Si. The lowest BCUT2D eigenvalue weighted by Crippen LogP contribution is -2.68. The van der Waals surface area contributed by atoms with Crippen LogP contribution in [0.25, 0.3) is 0 Å². The summed E-state index contributed by atoms with van der Waals surface area (Å²) in [4.78, 5) is 12.6. The fourth-order valence-corrected chi connectivity index (χ4v) is 16.8. The third kappa shape index (κ3) is 6.51. The van der Waals surface area contributed by atoms with E-state index in [1.54, 1.807) is 5.57 Å². The standard InChI is InChI=1S/C45H66O4Si/c1-9-32(42(47)48-10-2)29-41(46)31(3)38-23-24-39-37-22-21-33-30-34(25-27-44(33,7)40(37)26-28-45(38,39)8)49-50(43(4,5)6,35-17-13-11-14-18-35)36-19-15-12-16-20-36/h11-21,31-32,34,37-41,46H,9-10,22-30H2,1-8H3/t31-,32-,34-,37-,38+,39-,40-,41-,44-,45+/m0/s1. The number of hydrogen-bond acceptors (Lipinski definition) is 4. The van der Waals surface area contributed by atoms with Crippen LogP contribution in [0.15, 0.2) is 72.3 Å². The highest BCUT2D eigenvalue weighted by atomic mass is 28.4. The predicted octanol–water partition coefficient (Wildman–Crippen LogP) is 9.49. The van der Waals surface area contributed by atoms with Crippen molar-refractivity contribution in [1.29, 1.82) is 0 Å². The average molecular weight is 699 g/mol.